The van der Waals surface area contributed by atoms with Gasteiger partial charge in [-0.05, 0) is 43.2 Å². The average Bonchev–Trinajstić information content (AvgIpc) is 2.55. The SMILES string of the molecule is CCc1cccc(NC(=O)C(C)NC(=O)c2ccccc2)c1. The van der Waals surface area contributed by atoms with Crippen molar-refractivity contribution in [3.05, 3.63) is 65.7 Å². The Kier molecular flexibility index (Phi) is 5.31. The fourth-order valence-corrected chi connectivity index (χ4v) is 2.05. The highest BCUT2D eigenvalue weighted by Gasteiger charge is 2.16. The topological polar surface area (TPSA) is 58.2 Å². The highest BCUT2D eigenvalue weighted by molar-refractivity contribution is 6.00. The van der Waals surface area contributed by atoms with E-state index in [-0.39, 0.29) is 11.8 Å². The van der Waals surface area contributed by atoms with E-state index in [2.05, 4.69) is 17.6 Å². The molecule has 0 fully saturated rings. The maximum absolute atomic E-state index is 12.2. The molecule has 0 aliphatic rings. The second-order valence-electron chi connectivity index (χ2n) is 5.10. The maximum atomic E-state index is 12.2. The zero-order chi connectivity index (χ0) is 15.9. The van der Waals surface area contributed by atoms with Gasteiger partial charge in [-0.3, -0.25) is 9.59 Å². The summed E-state index contributed by atoms with van der Waals surface area (Å²) in [6, 6.07) is 15.9. The quantitative estimate of drug-likeness (QED) is 0.891. The van der Waals surface area contributed by atoms with Gasteiger partial charge in [0.15, 0.2) is 0 Å². The lowest BCUT2D eigenvalue weighted by atomic mass is 10.1. The van der Waals surface area contributed by atoms with E-state index in [9.17, 15) is 9.59 Å². The van der Waals surface area contributed by atoms with E-state index in [4.69, 9.17) is 0 Å². The highest BCUT2D eigenvalue weighted by atomic mass is 16.2. The van der Waals surface area contributed by atoms with E-state index in [1.807, 2.05) is 30.3 Å². The van der Waals surface area contributed by atoms with Crippen molar-refractivity contribution in [2.45, 2.75) is 26.3 Å². The number of carbonyl (C=O) groups excluding carboxylic acids is 2. The molecule has 0 heterocycles. The molecule has 0 spiro atoms. The lowest BCUT2D eigenvalue weighted by Gasteiger charge is -2.14. The van der Waals surface area contributed by atoms with Gasteiger partial charge in [0.05, 0.1) is 0 Å². The third kappa shape index (κ3) is 4.19. The van der Waals surface area contributed by atoms with Gasteiger partial charge in [0, 0.05) is 11.3 Å². The number of carbonyl (C=O) groups is 2. The van der Waals surface area contributed by atoms with Gasteiger partial charge in [0.1, 0.15) is 6.04 Å². The largest absolute Gasteiger partial charge is 0.341 e. The summed E-state index contributed by atoms with van der Waals surface area (Å²) in [6.07, 6.45) is 0.907. The molecule has 0 saturated carbocycles. The number of hydrogen-bond donors (Lipinski definition) is 2. The molecular weight excluding hydrogens is 276 g/mol. The number of rotatable bonds is 5. The van der Waals surface area contributed by atoms with Gasteiger partial charge in [-0.2, -0.15) is 0 Å². The molecule has 0 saturated heterocycles. The minimum atomic E-state index is -0.613. The van der Waals surface area contributed by atoms with Gasteiger partial charge in [-0.25, -0.2) is 0 Å². The van der Waals surface area contributed by atoms with E-state index >= 15 is 0 Å². The molecule has 4 heteroatoms. The van der Waals surface area contributed by atoms with Crippen LogP contribution in [-0.2, 0) is 11.2 Å². The Morgan fingerprint density at radius 3 is 2.45 bits per heavy atom. The fraction of sp³-hybridized carbons (Fsp3) is 0.222. The van der Waals surface area contributed by atoms with E-state index in [1.165, 1.54) is 0 Å². The predicted molar refractivity (Wildman–Crippen MR) is 87.8 cm³/mol. The van der Waals surface area contributed by atoms with E-state index in [0.29, 0.717) is 5.56 Å². The van der Waals surface area contributed by atoms with Crippen LogP contribution in [0.1, 0.15) is 29.8 Å². The van der Waals surface area contributed by atoms with Gasteiger partial charge in [-0.15, -0.1) is 0 Å². The van der Waals surface area contributed by atoms with Crippen molar-refractivity contribution in [3.8, 4) is 0 Å². The van der Waals surface area contributed by atoms with Crippen molar-refractivity contribution >= 4 is 17.5 Å². The van der Waals surface area contributed by atoms with Crippen LogP contribution in [0, 0.1) is 0 Å². The molecule has 2 amide bonds. The molecule has 0 bridgehead atoms. The van der Waals surface area contributed by atoms with Crippen LogP contribution in [0.5, 0.6) is 0 Å². The molecule has 2 rings (SSSR count). The summed E-state index contributed by atoms with van der Waals surface area (Å²) >= 11 is 0. The summed E-state index contributed by atoms with van der Waals surface area (Å²) in [5, 5.41) is 5.51. The number of anilines is 1. The second kappa shape index (κ2) is 7.41. The number of hydrogen-bond acceptors (Lipinski definition) is 2. The summed E-state index contributed by atoms with van der Waals surface area (Å²) in [5.41, 5.74) is 2.43. The van der Waals surface area contributed by atoms with Gasteiger partial charge in [-0.1, -0.05) is 37.3 Å². The minimum Gasteiger partial charge on any atom is -0.341 e. The molecule has 0 radical (unpaired) electrons. The van der Waals surface area contributed by atoms with Crippen LogP contribution in [-0.4, -0.2) is 17.9 Å². The average molecular weight is 296 g/mol. The summed E-state index contributed by atoms with van der Waals surface area (Å²) in [7, 11) is 0. The molecule has 114 valence electrons. The zero-order valence-corrected chi connectivity index (χ0v) is 12.8. The van der Waals surface area contributed by atoms with Gasteiger partial charge < -0.3 is 10.6 Å². The van der Waals surface area contributed by atoms with Crippen LogP contribution < -0.4 is 10.6 Å². The van der Waals surface area contributed by atoms with Crippen molar-refractivity contribution < 1.29 is 9.59 Å². The molecule has 4 nitrogen and oxygen atoms in total. The van der Waals surface area contributed by atoms with E-state index in [0.717, 1.165) is 17.7 Å². The zero-order valence-electron chi connectivity index (χ0n) is 12.8. The third-order valence-electron chi connectivity index (χ3n) is 3.38. The van der Waals surface area contributed by atoms with Crippen molar-refractivity contribution in [3.63, 3.8) is 0 Å². The standard InChI is InChI=1S/C18H20N2O2/c1-3-14-8-7-11-16(12-14)20-17(21)13(2)19-18(22)15-9-5-4-6-10-15/h4-13H,3H2,1-2H3,(H,19,22)(H,20,21). The Labute approximate surface area is 130 Å². The van der Waals surface area contributed by atoms with Crippen molar-refractivity contribution in [1.29, 1.82) is 0 Å². The van der Waals surface area contributed by atoms with Crippen molar-refractivity contribution in [2.75, 3.05) is 5.32 Å². The van der Waals surface area contributed by atoms with Crippen LogP contribution in [0.25, 0.3) is 0 Å². The van der Waals surface area contributed by atoms with Crippen LogP contribution >= 0.6 is 0 Å². The Morgan fingerprint density at radius 1 is 1.05 bits per heavy atom. The van der Waals surface area contributed by atoms with Crippen LogP contribution in [0.15, 0.2) is 54.6 Å². The third-order valence-corrected chi connectivity index (χ3v) is 3.38. The first-order chi connectivity index (χ1) is 10.6. The molecule has 1 unspecified atom stereocenters. The monoisotopic (exact) mass is 296 g/mol. The Hall–Kier alpha value is -2.62. The van der Waals surface area contributed by atoms with Gasteiger partial charge in [0.2, 0.25) is 5.91 Å². The first-order valence-corrected chi connectivity index (χ1v) is 7.36. The fourth-order valence-electron chi connectivity index (χ4n) is 2.05. The Morgan fingerprint density at radius 2 is 1.77 bits per heavy atom. The molecule has 22 heavy (non-hydrogen) atoms. The summed E-state index contributed by atoms with van der Waals surface area (Å²) in [6.45, 7) is 3.73. The summed E-state index contributed by atoms with van der Waals surface area (Å²) in [5.74, 6) is -0.497. The first kappa shape index (κ1) is 15.8. The molecule has 2 aromatic rings. The lowest BCUT2D eigenvalue weighted by molar-refractivity contribution is -0.117. The van der Waals surface area contributed by atoms with Crippen molar-refractivity contribution in [1.82, 2.24) is 5.32 Å². The van der Waals surface area contributed by atoms with Crippen LogP contribution in [0.4, 0.5) is 5.69 Å². The molecule has 2 N–H and O–H groups in total. The summed E-state index contributed by atoms with van der Waals surface area (Å²) in [4.78, 5) is 24.2. The van der Waals surface area contributed by atoms with E-state index < -0.39 is 6.04 Å². The highest BCUT2D eigenvalue weighted by Crippen LogP contribution is 2.11. The minimum absolute atomic E-state index is 0.238. The Bertz CT molecular complexity index is 653. The summed E-state index contributed by atoms with van der Waals surface area (Å²) < 4.78 is 0. The number of amides is 2. The first-order valence-electron chi connectivity index (χ1n) is 7.36. The number of benzene rings is 2. The molecule has 0 aliphatic heterocycles. The lowest BCUT2D eigenvalue weighted by Crippen LogP contribution is -2.41. The molecule has 2 aromatic carbocycles. The van der Waals surface area contributed by atoms with Gasteiger partial charge in [0.25, 0.3) is 5.91 Å². The van der Waals surface area contributed by atoms with Crippen molar-refractivity contribution in [2.24, 2.45) is 0 Å². The van der Waals surface area contributed by atoms with Gasteiger partial charge >= 0.3 is 0 Å². The van der Waals surface area contributed by atoms with Crippen LogP contribution in [0.3, 0.4) is 0 Å². The van der Waals surface area contributed by atoms with Crippen LogP contribution in [0.2, 0.25) is 0 Å². The smallest absolute Gasteiger partial charge is 0.251 e. The molecular formula is C18H20N2O2. The predicted octanol–water partition coefficient (Wildman–Crippen LogP) is 3.01. The molecule has 1 atom stereocenters. The van der Waals surface area contributed by atoms with E-state index in [1.54, 1.807) is 31.2 Å². The molecule has 0 aliphatic carbocycles. The second-order valence-corrected chi connectivity index (χ2v) is 5.10. The number of nitrogens with one attached hydrogen (secondary N) is 2. The Balaban J connectivity index is 1.96. The normalized spacial score (nSPS) is 11.5. The maximum Gasteiger partial charge on any atom is 0.251 e. The number of aryl methyl sites for hydroxylation is 1. The molecule has 0 aromatic heterocycles.